The molecule has 0 saturated carbocycles. The lowest BCUT2D eigenvalue weighted by Crippen LogP contribution is -2.26. The van der Waals surface area contributed by atoms with E-state index in [4.69, 9.17) is 11.6 Å². The molecular weight excluding hydrogens is 291 g/mol. The summed E-state index contributed by atoms with van der Waals surface area (Å²) in [6.07, 6.45) is 1.36. The smallest absolute Gasteiger partial charge is 0.265 e. The minimum absolute atomic E-state index is 0.0925. The van der Waals surface area contributed by atoms with Crippen molar-refractivity contribution in [3.05, 3.63) is 48.0 Å². The Morgan fingerprint density at radius 1 is 1.37 bits per heavy atom. The molecule has 0 atom stereocenters. The summed E-state index contributed by atoms with van der Waals surface area (Å²) in [7, 11) is -2.35. The van der Waals surface area contributed by atoms with Crippen molar-refractivity contribution in [1.82, 2.24) is 4.98 Å². The second kappa shape index (κ2) is 5.22. The maximum Gasteiger partial charge on any atom is 0.265 e. The predicted molar refractivity (Wildman–Crippen MR) is 72.3 cm³/mol. The van der Waals surface area contributed by atoms with E-state index in [1.807, 2.05) is 0 Å². The van der Waals surface area contributed by atoms with Gasteiger partial charge in [0.1, 0.15) is 10.7 Å². The van der Waals surface area contributed by atoms with Crippen molar-refractivity contribution in [1.29, 1.82) is 0 Å². The van der Waals surface area contributed by atoms with Crippen LogP contribution in [0.3, 0.4) is 0 Å². The van der Waals surface area contributed by atoms with Crippen LogP contribution in [0.2, 0.25) is 0 Å². The van der Waals surface area contributed by atoms with Gasteiger partial charge in [0.15, 0.2) is 0 Å². The summed E-state index contributed by atoms with van der Waals surface area (Å²) in [5.41, 5.74) is 0.863. The van der Waals surface area contributed by atoms with Crippen molar-refractivity contribution in [2.75, 3.05) is 11.4 Å². The van der Waals surface area contributed by atoms with Gasteiger partial charge in [0, 0.05) is 18.9 Å². The van der Waals surface area contributed by atoms with Crippen LogP contribution >= 0.6 is 11.6 Å². The number of halogens is 2. The van der Waals surface area contributed by atoms with Crippen molar-refractivity contribution in [2.24, 2.45) is 0 Å². The molecule has 7 heteroatoms. The van der Waals surface area contributed by atoms with Gasteiger partial charge in [-0.3, -0.25) is 4.31 Å². The van der Waals surface area contributed by atoms with Crippen LogP contribution in [0.1, 0.15) is 5.69 Å². The van der Waals surface area contributed by atoms with E-state index in [-0.39, 0.29) is 16.5 Å². The maximum atomic E-state index is 13.1. The number of nitrogens with one attached hydrogen (secondary N) is 1. The Bertz CT molecular complexity index is 685. The Morgan fingerprint density at radius 3 is 2.68 bits per heavy atom. The number of aromatic amines is 1. The predicted octanol–water partition coefficient (Wildman–Crippen LogP) is 2.72. The van der Waals surface area contributed by atoms with E-state index in [1.165, 1.54) is 37.5 Å². The van der Waals surface area contributed by atoms with E-state index < -0.39 is 15.8 Å². The fraction of sp³-hybridized carbons (Fsp3) is 0.167. The van der Waals surface area contributed by atoms with E-state index in [1.54, 1.807) is 0 Å². The van der Waals surface area contributed by atoms with Crippen molar-refractivity contribution in [2.45, 2.75) is 10.8 Å². The lowest BCUT2D eigenvalue weighted by Gasteiger charge is -2.18. The van der Waals surface area contributed by atoms with Gasteiger partial charge in [-0.05, 0) is 24.3 Å². The molecule has 0 aliphatic heterocycles. The van der Waals surface area contributed by atoms with Gasteiger partial charge in [-0.15, -0.1) is 11.6 Å². The largest absolute Gasteiger partial charge is 0.363 e. The molecule has 0 unspecified atom stereocenters. The van der Waals surface area contributed by atoms with Crippen LogP contribution in [-0.2, 0) is 15.9 Å². The first-order chi connectivity index (χ1) is 8.95. The minimum atomic E-state index is -3.72. The first kappa shape index (κ1) is 13.9. The molecule has 2 rings (SSSR count). The van der Waals surface area contributed by atoms with Crippen LogP contribution in [0.4, 0.5) is 10.1 Å². The average Bonchev–Trinajstić information content (AvgIpc) is 2.87. The molecule has 1 heterocycles. The van der Waals surface area contributed by atoms with Crippen LogP contribution in [0, 0.1) is 5.82 Å². The molecule has 19 heavy (non-hydrogen) atoms. The van der Waals surface area contributed by atoms with Gasteiger partial charge < -0.3 is 4.98 Å². The quantitative estimate of drug-likeness (QED) is 0.883. The summed E-state index contributed by atoms with van der Waals surface area (Å²) >= 11 is 5.62. The molecule has 0 saturated heterocycles. The Labute approximate surface area is 115 Å². The number of rotatable bonds is 4. The normalized spacial score (nSPS) is 11.5. The molecule has 1 aromatic carbocycles. The third-order valence-electron chi connectivity index (χ3n) is 2.69. The van der Waals surface area contributed by atoms with Crippen LogP contribution in [0.15, 0.2) is 41.4 Å². The van der Waals surface area contributed by atoms with E-state index in [0.717, 1.165) is 10.4 Å². The summed E-state index contributed by atoms with van der Waals surface area (Å²) in [4.78, 5) is 2.86. The van der Waals surface area contributed by atoms with Gasteiger partial charge in [0.25, 0.3) is 10.0 Å². The Morgan fingerprint density at radius 2 is 2.11 bits per heavy atom. The Hall–Kier alpha value is -1.53. The number of hydrogen-bond donors (Lipinski definition) is 1. The van der Waals surface area contributed by atoms with Crippen LogP contribution < -0.4 is 4.31 Å². The number of nitrogens with zero attached hydrogens (tertiary/aromatic N) is 1. The molecule has 4 nitrogen and oxygen atoms in total. The Kier molecular flexibility index (Phi) is 3.82. The molecule has 1 N–H and O–H groups in total. The molecule has 0 radical (unpaired) electrons. The van der Waals surface area contributed by atoms with Gasteiger partial charge >= 0.3 is 0 Å². The average molecular weight is 303 g/mol. The highest BCUT2D eigenvalue weighted by atomic mass is 35.5. The zero-order chi connectivity index (χ0) is 14.0. The molecule has 0 aliphatic rings. The topological polar surface area (TPSA) is 53.2 Å². The highest BCUT2D eigenvalue weighted by Gasteiger charge is 2.22. The van der Waals surface area contributed by atoms with Crippen LogP contribution in [-0.4, -0.2) is 20.4 Å². The van der Waals surface area contributed by atoms with E-state index in [9.17, 15) is 12.8 Å². The lowest BCUT2D eigenvalue weighted by atomic mass is 10.3. The van der Waals surface area contributed by atoms with Gasteiger partial charge in [-0.2, -0.15) is 0 Å². The summed E-state index contributed by atoms with van der Waals surface area (Å²) in [5, 5.41) is 0. The number of alkyl halides is 1. The van der Waals surface area contributed by atoms with Gasteiger partial charge in [-0.1, -0.05) is 6.07 Å². The number of H-pyrrole nitrogens is 1. The molecule has 2 aromatic rings. The van der Waals surface area contributed by atoms with E-state index >= 15 is 0 Å². The summed E-state index contributed by atoms with van der Waals surface area (Å²) in [5.74, 6) is -0.297. The van der Waals surface area contributed by atoms with Gasteiger partial charge in [0.2, 0.25) is 0 Å². The van der Waals surface area contributed by atoms with Crippen LogP contribution in [0.25, 0.3) is 0 Å². The molecule has 0 spiro atoms. The molecule has 0 fully saturated rings. The Balaban J connectivity index is 2.39. The fourth-order valence-electron chi connectivity index (χ4n) is 1.61. The molecule has 0 aliphatic carbocycles. The van der Waals surface area contributed by atoms with Crippen molar-refractivity contribution < 1.29 is 12.8 Å². The maximum absolute atomic E-state index is 13.1. The molecule has 0 amide bonds. The first-order valence-corrected chi connectivity index (χ1v) is 7.40. The second-order valence-electron chi connectivity index (χ2n) is 3.95. The van der Waals surface area contributed by atoms with E-state index in [0.29, 0.717) is 5.69 Å². The molecule has 0 bridgehead atoms. The zero-order valence-electron chi connectivity index (χ0n) is 10.1. The summed E-state index contributed by atoms with van der Waals surface area (Å²) in [6, 6.07) is 6.85. The van der Waals surface area contributed by atoms with Gasteiger partial charge in [0.05, 0.1) is 11.6 Å². The first-order valence-electron chi connectivity index (χ1n) is 5.43. The number of aromatic nitrogens is 1. The molecular formula is C12H12ClFN2O2S. The number of benzene rings is 1. The van der Waals surface area contributed by atoms with Gasteiger partial charge in [-0.25, -0.2) is 12.8 Å². The highest BCUT2D eigenvalue weighted by molar-refractivity contribution is 7.92. The standard InChI is InChI=1S/C12H12ClFN2O2S/c1-16(11-4-2-3-9(14)5-11)19(17,18)12-6-10(7-13)15-8-12/h2-6,8,15H,7H2,1H3. The lowest BCUT2D eigenvalue weighted by molar-refractivity contribution is 0.594. The number of hydrogen-bond acceptors (Lipinski definition) is 2. The monoisotopic (exact) mass is 302 g/mol. The zero-order valence-corrected chi connectivity index (χ0v) is 11.7. The van der Waals surface area contributed by atoms with E-state index in [2.05, 4.69) is 4.98 Å². The SMILES string of the molecule is CN(c1cccc(F)c1)S(=O)(=O)c1c[nH]c(CCl)c1. The number of anilines is 1. The van der Waals surface area contributed by atoms with Crippen LogP contribution in [0.5, 0.6) is 0 Å². The third-order valence-corrected chi connectivity index (χ3v) is 4.74. The molecule has 1 aromatic heterocycles. The third kappa shape index (κ3) is 2.74. The fourth-order valence-corrected chi connectivity index (χ4v) is 2.97. The van der Waals surface area contributed by atoms with Crippen molar-refractivity contribution in [3.8, 4) is 0 Å². The molecule has 102 valence electrons. The highest BCUT2D eigenvalue weighted by Crippen LogP contribution is 2.23. The van der Waals surface area contributed by atoms with Crippen molar-refractivity contribution in [3.63, 3.8) is 0 Å². The number of sulfonamides is 1. The summed E-state index contributed by atoms with van der Waals surface area (Å²) in [6.45, 7) is 0. The second-order valence-corrected chi connectivity index (χ2v) is 6.18. The summed E-state index contributed by atoms with van der Waals surface area (Å²) < 4.78 is 38.8. The minimum Gasteiger partial charge on any atom is -0.363 e. The van der Waals surface area contributed by atoms with Crippen molar-refractivity contribution >= 4 is 27.3 Å².